The van der Waals surface area contributed by atoms with Gasteiger partial charge in [0.2, 0.25) is 5.91 Å². The summed E-state index contributed by atoms with van der Waals surface area (Å²) in [5.41, 5.74) is 0.352. The van der Waals surface area contributed by atoms with E-state index in [0.717, 1.165) is 12.5 Å². The van der Waals surface area contributed by atoms with Gasteiger partial charge in [0.1, 0.15) is 11.9 Å². The van der Waals surface area contributed by atoms with Crippen LogP contribution in [0.2, 0.25) is 5.02 Å². The Bertz CT molecular complexity index is 546. The van der Waals surface area contributed by atoms with E-state index in [1.807, 2.05) is 0 Å². The number of aliphatic carboxylic acids is 1. The molecule has 1 aromatic rings. The Kier molecular flexibility index (Phi) is 5.14. The van der Waals surface area contributed by atoms with Crippen LogP contribution in [0.4, 0.5) is 4.39 Å². The van der Waals surface area contributed by atoms with Crippen LogP contribution >= 0.6 is 11.6 Å². The monoisotopic (exact) mass is 315 g/mol. The number of carbonyl (C=O) groups excluding carboxylic acids is 1. The maximum absolute atomic E-state index is 13.5. The molecule has 1 saturated heterocycles. The molecule has 2 N–H and O–H groups in total. The van der Waals surface area contributed by atoms with Gasteiger partial charge in [-0.25, -0.2) is 4.39 Å². The zero-order valence-corrected chi connectivity index (χ0v) is 11.9. The molecule has 0 aliphatic carbocycles. The lowest BCUT2D eigenvalue weighted by atomic mass is 10.0. The fourth-order valence-corrected chi connectivity index (χ4v) is 2.32. The number of halogens is 2. The van der Waals surface area contributed by atoms with E-state index in [0.29, 0.717) is 18.6 Å². The molecule has 1 amide bonds. The highest BCUT2D eigenvalue weighted by molar-refractivity contribution is 6.30. The van der Waals surface area contributed by atoms with E-state index >= 15 is 0 Å². The van der Waals surface area contributed by atoms with Crippen LogP contribution in [0.15, 0.2) is 18.2 Å². The van der Waals surface area contributed by atoms with E-state index in [9.17, 15) is 14.0 Å². The molecule has 0 unspecified atom stereocenters. The predicted octanol–water partition coefficient (Wildman–Crippen LogP) is 2.29. The Morgan fingerprint density at radius 3 is 2.86 bits per heavy atom. The Labute approximate surface area is 126 Å². The molecule has 7 heteroatoms. The van der Waals surface area contributed by atoms with Gasteiger partial charge in [-0.15, -0.1) is 0 Å². The van der Waals surface area contributed by atoms with Crippen LogP contribution in [-0.4, -0.2) is 29.7 Å². The highest BCUT2D eigenvalue weighted by Gasteiger charge is 2.27. The molecule has 2 atom stereocenters. The number of ether oxygens (including phenoxy) is 1. The number of carboxylic acid groups (broad SMARTS) is 1. The third-order valence-corrected chi connectivity index (χ3v) is 3.57. The molecule has 2 rings (SSSR count). The van der Waals surface area contributed by atoms with E-state index in [1.165, 1.54) is 12.1 Å². The molecule has 1 aromatic carbocycles. The zero-order chi connectivity index (χ0) is 15.4. The van der Waals surface area contributed by atoms with Crippen molar-refractivity contribution >= 4 is 23.5 Å². The third-order valence-electron chi connectivity index (χ3n) is 3.26. The van der Waals surface area contributed by atoms with E-state index in [4.69, 9.17) is 21.4 Å². The number of rotatable bonds is 5. The van der Waals surface area contributed by atoms with Crippen LogP contribution in [0, 0.1) is 5.82 Å². The van der Waals surface area contributed by atoms with Crippen molar-refractivity contribution in [2.75, 3.05) is 6.61 Å². The summed E-state index contributed by atoms with van der Waals surface area (Å²) in [5.74, 6) is -2.13. The second-order valence-corrected chi connectivity index (χ2v) is 5.24. The lowest BCUT2D eigenvalue weighted by Crippen LogP contribution is -2.37. The first kappa shape index (κ1) is 15.7. The summed E-state index contributed by atoms with van der Waals surface area (Å²) in [6.45, 7) is 0.511. The van der Waals surface area contributed by atoms with Crippen molar-refractivity contribution in [1.82, 2.24) is 5.32 Å². The van der Waals surface area contributed by atoms with Crippen molar-refractivity contribution in [3.05, 3.63) is 34.6 Å². The Balaban J connectivity index is 2.14. The smallest absolute Gasteiger partial charge is 0.305 e. The maximum atomic E-state index is 13.5. The molecule has 5 nitrogen and oxygen atoms in total. The maximum Gasteiger partial charge on any atom is 0.305 e. The minimum atomic E-state index is -1.09. The Morgan fingerprint density at radius 2 is 2.29 bits per heavy atom. The van der Waals surface area contributed by atoms with Crippen molar-refractivity contribution in [3.8, 4) is 0 Å². The molecule has 0 saturated carbocycles. The number of nitrogens with one attached hydrogen (secondary N) is 1. The molecule has 1 aliphatic rings. The molecular weight excluding hydrogens is 301 g/mol. The first-order chi connectivity index (χ1) is 9.97. The number of carbonyl (C=O) groups is 2. The van der Waals surface area contributed by atoms with E-state index in [1.54, 1.807) is 0 Å². The minimum absolute atomic E-state index is 0.0572. The number of hydrogen-bond donors (Lipinski definition) is 2. The van der Waals surface area contributed by atoms with Crippen LogP contribution in [0.5, 0.6) is 0 Å². The normalized spacial score (nSPS) is 19.2. The van der Waals surface area contributed by atoms with Gasteiger partial charge in [0, 0.05) is 6.61 Å². The topological polar surface area (TPSA) is 75.6 Å². The summed E-state index contributed by atoms with van der Waals surface area (Å²) in [7, 11) is 0. The summed E-state index contributed by atoms with van der Waals surface area (Å²) < 4.78 is 18.7. The van der Waals surface area contributed by atoms with Crippen molar-refractivity contribution in [2.45, 2.75) is 31.4 Å². The van der Waals surface area contributed by atoms with Crippen LogP contribution in [0.3, 0.4) is 0 Å². The zero-order valence-electron chi connectivity index (χ0n) is 11.1. The first-order valence-corrected chi connectivity index (χ1v) is 6.94. The standard InChI is InChI=1S/C14H15ClFNO4/c15-9-4-3-8(6-10(9)16)11(7-13(18)19)17-14(20)12-2-1-5-21-12/h3-4,6,11-12H,1-2,5,7H2,(H,17,20)(H,18,19)/t11-,12-/m1/s1. The Hall–Kier alpha value is -1.66. The average Bonchev–Trinajstić information content (AvgIpc) is 2.94. The number of hydrogen-bond acceptors (Lipinski definition) is 3. The van der Waals surface area contributed by atoms with Crippen molar-refractivity contribution in [2.24, 2.45) is 0 Å². The molecule has 0 bridgehead atoms. The first-order valence-electron chi connectivity index (χ1n) is 6.56. The quantitative estimate of drug-likeness (QED) is 0.874. The summed E-state index contributed by atoms with van der Waals surface area (Å²) in [6.07, 6.45) is 0.468. The molecular formula is C14H15ClFNO4. The molecule has 114 valence electrons. The van der Waals surface area contributed by atoms with Gasteiger partial charge in [0.05, 0.1) is 17.5 Å². The molecule has 0 aromatic heterocycles. The Morgan fingerprint density at radius 1 is 1.52 bits per heavy atom. The summed E-state index contributed by atoms with van der Waals surface area (Å²) in [4.78, 5) is 22.9. The van der Waals surface area contributed by atoms with E-state index in [-0.39, 0.29) is 17.4 Å². The van der Waals surface area contributed by atoms with Crippen molar-refractivity contribution < 1.29 is 23.8 Å². The lowest BCUT2D eigenvalue weighted by molar-refractivity contribution is -0.138. The van der Waals surface area contributed by atoms with Gasteiger partial charge >= 0.3 is 5.97 Å². The number of benzene rings is 1. The number of amides is 1. The van der Waals surface area contributed by atoms with Gasteiger partial charge in [0.15, 0.2) is 0 Å². The summed E-state index contributed by atoms with van der Waals surface area (Å²) >= 11 is 5.60. The predicted molar refractivity (Wildman–Crippen MR) is 73.5 cm³/mol. The van der Waals surface area contributed by atoms with Crippen LogP contribution in [-0.2, 0) is 14.3 Å². The minimum Gasteiger partial charge on any atom is -0.481 e. The highest BCUT2D eigenvalue weighted by atomic mass is 35.5. The largest absolute Gasteiger partial charge is 0.481 e. The van der Waals surface area contributed by atoms with E-state index in [2.05, 4.69) is 5.32 Å². The summed E-state index contributed by atoms with van der Waals surface area (Å²) in [6, 6.07) is 3.13. The van der Waals surface area contributed by atoms with Gasteiger partial charge in [-0.2, -0.15) is 0 Å². The second-order valence-electron chi connectivity index (χ2n) is 4.83. The fraction of sp³-hybridized carbons (Fsp3) is 0.429. The molecule has 1 fully saturated rings. The van der Waals surface area contributed by atoms with Crippen LogP contribution < -0.4 is 5.32 Å². The molecule has 21 heavy (non-hydrogen) atoms. The van der Waals surface area contributed by atoms with Gasteiger partial charge < -0.3 is 15.2 Å². The van der Waals surface area contributed by atoms with Gasteiger partial charge in [0.25, 0.3) is 0 Å². The highest BCUT2D eigenvalue weighted by Crippen LogP contribution is 2.23. The third kappa shape index (κ3) is 4.15. The molecule has 0 spiro atoms. The van der Waals surface area contributed by atoms with Crippen LogP contribution in [0.1, 0.15) is 30.9 Å². The summed E-state index contributed by atoms with van der Waals surface area (Å²) in [5, 5.41) is 11.5. The van der Waals surface area contributed by atoms with Crippen molar-refractivity contribution in [1.29, 1.82) is 0 Å². The lowest BCUT2D eigenvalue weighted by Gasteiger charge is -2.20. The van der Waals surface area contributed by atoms with Gasteiger partial charge in [-0.3, -0.25) is 9.59 Å². The van der Waals surface area contributed by atoms with Gasteiger partial charge in [-0.1, -0.05) is 17.7 Å². The molecule has 1 aliphatic heterocycles. The van der Waals surface area contributed by atoms with Crippen molar-refractivity contribution in [3.63, 3.8) is 0 Å². The number of carboxylic acids is 1. The van der Waals surface area contributed by atoms with Crippen LogP contribution in [0.25, 0.3) is 0 Å². The fourth-order valence-electron chi connectivity index (χ4n) is 2.21. The molecule has 0 radical (unpaired) electrons. The SMILES string of the molecule is O=C(O)C[C@@H](NC(=O)[C@H]1CCCO1)c1ccc(Cl)c(F)c1. The second kappa shape index (κ2) is 6.87. The molecule has 1 heterocycles. The van der Waals surface area contributed by atoms with E-state index < -0.39 is 23.9 Å². The average molecular weight is 316 g/mol. The van der Waals surface area contributed by atoms with Gasteiger partial charge in [-0.05, 0) is 30.5 Å².